The first-order valence-electron chi connectivity index (χ1n) is 4.05. The molecule has 0 atom stereocenters. The molecule has 15 heavy (non-hydrogen) atoms. The van der Waals surface area contributed by atoms with Crippen LogP contribution in [0.1, 0.15) is 0 Å². The molecular formula is C9H9BrF2N2O. The number of hydrogen-bond acceptors (Lipinski definition) is 3. The van der Waals surface area contributed by atoms with E-state index in [0.717, 1.165) is 0 Å². The normalized spacial score (nSPS) is 19.0. The Balaban J connectivity index is 2.90. The molecule has 0 aromatic carbocycles. The van der Waals surface area contributed by atoms with Crippen molar-refractivity contribution < 1.29 is 13.5 Å². The van der Waals surface area contributed by atoms with Crippen LogP contribution in [0.4, 0.5) is 8.78 Å². The summed E-state index contributed by atoms with van der Waals surface area (Å²) in [6.45, 7) is -2.89. The van der Waals surface area contributed by atoms with Crippen molar-refractivity contribution in [3.63, 3.8) is 0 Å². The second-order valence-corrected chi connectivity index (χ2v) is 3.54. The third-order valence-electron chi connectivity index (χ3n) is 1.62. The summed E-state index contributed by atoms with van der Waals surface area (Å²) in [5.74, 6) is -0.0387. The zero-order valence-corrected chi connectivity index (χ0v) is 9.44. The first-order chi connectivity index (χ1) is 7.04. The number of halogens is 3. The molecule has 0 amide bonds. The summed E-state index contributed by atoms with van der Waals surface area (Å²) in [6, 6.07) is 0. The predicted octanol–water partition coefficient (Wildman–Crippen LogP) is 2.52. The lowest BCUT2D eigenvalue weighted by Crippen LogP contribution is -2.10. The van der Waals surface area contributed by atoms with E-state index < -0.39 is 6.61 Å². The summed E-state index contributed by atoms with van der Waals surface area (Å²) < 4.78 is 28.5. The number of hydrogen-bond donors (Lipinski definition) is 2. The largest absolute Gasteiger partial charge is 0.434 e. The second-order valence-electron chi connectivity index (χ2n) is 2.68. The summed E-state index contributed by atoms with van der Waals surface area (Å²) in [7, 11) is 1.69. The van der Waals surface area contributed by atoms with Gasteiger partial charge in [-0.15, -0.1) is 0 Å². The van der Waals surface area contributed by atoms with Crippen molar-refractivity contribution >= 4 is 21.6 Å². The molecule has 3 nitrogen and oxygen atoms in total. The van der Waals surface area contributed by atoms with Crippen LogP contribution in [0, 0.1) is 5.41 Å². The highest BCUT2D eigenvalue weighted by atomic mass is 79.9. The Labute approximate surface area is 94.1 Å². The van der Waals surface area contributed by atoms with Crippen LogP contribution in [0.5, 0.6) is 0 Å². The van der Waals surface area contributed by atoms with Gasteiger partial charge in [0.2, 0.25) is 0 Å². The zero-order valence-electron chi connectivity index (χ0n) is 7.85. The van der Waals surface area contributed by atoms with E-state index in [1.807, 2.05) is 0 Å². The lowest BCUT2D eigenvalue weighted by molar-refractivity contribution is -0.0922. The van der Waals surface area contributed by atoms with Crippen molar-refractivity contribution in [2.45, 2.75) is 6.61 Å². The number of nitrogens with one attached hydrogen (secondary N) is 2. The van der Waals surface area contributed by atoms with Gasteiger partial charge in [-0.3, -0.25) is 0 Å². The molecular weight excluding hydrogens is 270 g/mol. The first kappa shape index (κ1) is 11.9. The van der Waals surface area contributed by atoms with Crippen molar-refractivity contribution in [1.29, 1.82) is 5.41 Å². The average molecular weight is 279 g/mol. The summed E-state index contributed by atoms with van der Waals surface area (Å²) >= 11 is 3.09. The Morgan fingerprint density at radius 1 is 1.53 bits per heavy atom. The Hall–Kier alpha value is -1.17. The van der Waals surface area contributed by atoms with Crippen molar-refractivity contribution in [1.82, 2.24) is 5.32 Å². The van der Waals surface area contributed by atoms with Crippen molar-refractivity contribution in [2.24, 2.45) is 0 Å². The van der Waals surface area contributed by atoms with E-state index in [1.54, 1.807) is 13.2 Å². The highest BCUT2D eigenvalue weighted by molar-refractivity contribution is 9.12. The molecule has 1 aliphatic rings. The molecule has 0 unspecified atom stereocenters. The minimum Gasteiger partial charge on any atom is -0.434 e. The molecule has 1 rings (SSSR count). The molecule has 6 heteroatoms. The number of ether oxygens (including phenoxy) is 1. The molecule has 0 aliphatic heterocycles. The fourth-order valence-corrected chi connectivity index (χ4v) is 1.48. The van der Waals surface area contributed by atoms with Gasteiger partial charge >= 0.3 is 6.61 Å². The summed E-state index contributed by atoms with van der Waals surface area (Å²) in [6.07, 6.45) is 4.37. The highest BCUT2D eigenvalue weighted by Crippen LogP contribution is 2.27. The Kier molecular flexibility index (Phi) is 4.02. The molecule has 0 aromatic rings. The van der Waals surface area contributed by atoms with E-state index in [0.29, 0.717) is 10.1 Å². The topological polar surface area (TPSA) is 45.1 Å². The van der Waals surface area contributed by atoms with Gasteiger partial charge in [-0.25, -0.2) is 0 Å². The Morgan fingerprint density at radius 2 is 2.20 bits per heavy atom. The third-order valence-corrected chi connectivity index (χ3v) is 2.24. The van der Waals surface area contributed by atoms with Gasteiger partial charge in [0, 0.05) is 24.9 Å². The fraction of sp³-hybridized carbons (Fsp3) is 0.222. The van der Waals surface area contributed by atoms with Crippen LogP contribution < -0.4 is 5.32 Å². The van der Waals surface area contributed by atoms with E-state index in [1.165, 1.54) is 12.2 Å². The van der Waals surface area contributed by atoms with Gasteiger partial charge in [0.1, 0.15) is 5.76 Å². The van der Waals surface area contributed by atoms with Crippen LogP contribution in [0.15, 0.2) is 34.2 Å². The van der Waals surface area contributed by atoms with Gasteiger partial charge in [0.05, 0.1) is 10.2 Å². The van der Waals surface area contributed by atoms with Gasteiger partial charge < -0.3 is 15.5 Å². The van der Waals surface area contributed by atoms with Crippen LogP contribution in [-0.4, -0.2) is 19.4 Å². The predicted molar refractivity (Wildman–Crippen MR) is 57.1 cm³/mol. The second kappa shape index (κ2) is 5.06. The lowest BCUT2D eigenvalue weighted by atomic mass is 10.1. The van der Waals surface area contributed by atoms with Crippen LogP contribution in [0.3, 0.4) is 0 Å². The highest BCUT2D eigenvalue weighted by Gasteiger charge is 2.17. The van der Waals surface area contributed by atoms with Crippen LogP contribution >= 0.6 is 15.9 Å². The molecule has 0 radical (unpaired) electrons. The van der Waals surface area contributed by atoms with Crippen molar-refractivity contribution in [3.8, 4) is 0 Å². The maximum atomic E-state index is 12.0. The molecule has 1 aliphatic carbocycles. The fourth-order valence-electron chi connectivity index (χ4n) is 1.03. The van der Waals surface area contributed by atoms with Crippen LogP contribution in [0.25, 0.3) is 0 Å². The Bertz CT molecular complexity index is 361. The van der Waals surface area contributed by atoms with Crippen molar-refractivity contribution in [2.75, 3.05) is 7.05 Å². The zero-order chi connectivity index (χ0) is 11.4. The molecule has 0 saturated heterocycles. The molecule has 0 aromatic heterocycles. The van der Waals surface area contributed by atoms with E-state index in [-0.39, 0.29) is 11.5 Å². The molecule has 0 fully saturated rings. The minimum absolute atomic E-state index is 0.0387. The van der Waals surface area contributed by atoms with E-state index in [9.17, 15) is 8.78 Å². The number of alkyl halides is 2. The molecule has 82 valence electrons. The Morgan fingerprint density at radius 3 is 2.73 bits per heavy atom. The van der Waals surface area contributed by atoms with E-state index in [4.69, 9.17) is 5.41 Å². The lowest BCUT2D eigenvalue weighted by Gasteiger charge is -2.14. The SMILES string of the molecule is CN/C=C1/C=C(Br)C(OC(F)F)=CC1=N. The summed E-state index contributed by atoms with van der Waals surface area (Å²) in [4.78, 5) is 0. The maximum Gasteiger partial charge on any atom is 0.387 e. The monoisotopic (exact) mass is 278 g/mol. The van der Waals surface area contributed by atoms with Gasteiger partial charge in [-0.2, -0.15) is 8.78 Å². The van der Waals surface area contributed by atoms with Gasteiger partial charge in [0.15, 0.2) is 0 Å². The van der Waals surface area contributed by atoms with Crippen molar-refractivity contribution in [3.05, 3.63) is 34.2 Å². The maximum absolute atomic E-state index is 12.0. The molecule has 2 N–H and O–H groups in total. The quantitative estimate of drug-likeness (QED) is 0.833. The molecule has 0 bridgehead atoms. The average Bonchev–Trinajstić information content (AvgIpc) is 2.13. The molecule has 0 heterocycles. The van der Waals surface area contributed by atoms with Gasteiger partial charge in [0.25, 0.3) is 0 Å². The number of rotatable bonds is 3. The summed E-state index contributed by atoms with van der Waals surface area (Å²) in [5, 5.41) is 10.3. The summed E-state index contributed by atoms with van der Waals surface area (Å²) in [5.41, 5.74) is 0.703. The van der Waals surface area contributed by atoms with Gasteiger partial charge in [-0.05, 0) is 22.0 Å². The van der Waals surface area contributed by atoms with E-state index in [2.05, 4.69) is 26.0 Å². The minimum atomic E-state index is -2.89. The van der Waals surface area contributed by atoms with E-state index >= 15 is 0 Å². The first-order valence-corrected chi connectivity index (χ1v) is 4.84. The molecule has 0 spiro atoms. The number of allylic oxidation sites excluding steroid dienone is 4. The van der Waals surface area contributed by atoms with Crippen LogP contribution in [-0.2, 0) is 4.74 Å². The smallest absolute Gasteiger partial charge is 0.387 e. The van der Waals surface area contributed by atoms with Gasteiger partial charge in [-0.1, -0.05) is 0 Å². The van der Waals surface area contributed by atoms with Crippen LogP contribution in [0.2, 0.25) is 0 Å². The standard InChI is InChI=1S/C9H9BrF2N2O/c1-14-4-5-2-6(10)8(3-7(5)13)15-9(11)12/h2-4,9,13-14H,1H3/b5-4-,13-7?. The third kappa shape index (κ3) is 3.16. The molecule has 0 saturated carbocycles.